The van der Waals surface area contributed by atoms with Gasteiger partial charge >= 0.3 is 5.97 Å². The smallest absolute Gasteiger partial charge is 0.325 e. The minimum atomic E-state index is -3.58. The van der Waals surface area contributed by atoms with Crippen LogP contribution in [-0.4, -0.2) is 49.4 Å². The SMILES string of the molecule is COC(=O)Cn1c(=NC(=O)c2ccc(S(=O)(=O)N3CCCC3)cc2)sc2ccc(Cl)c(Cl)c21. The summed E-state index contributed by atoms with van der Waals surface area (Å²) in [6.45, 7) is 0.782. The molecule has 1 aliphatic rings. The summed E-state index contributed by atoms with van der Waals surface area (Å²) < 4.78 is 33.7. The largest absolute Gasteiger partial charge is 0.468 e. The number of esters is 1. The summed E-state index contributed by atoms with van der Waals surface area (Å²) in [5.74, 6) is -1.14. The molecule has 33 heavy (non-hydrogen) atoms. The summed E-state index contributed by atoms with van der Waals surface area (Å²) >= 11 is 13.7. The number of sulfonamides is 1. The summed E-state index contributed by atoms with van der Waals surface area (Å²) in [4.78, 5) is 29.4. The van der Waals surface area contributed by atoms with Crippen molar-refractivity contribution in [1.82, 2.24) is 8.87 Å². The predicted octanol–water partition coefficient (Wildman–Crippen LogP) is 3.71. The number of benzene rings is 2. The third-order valence-electron chi connectivity index (χ3n) is 5.25. The van der Waals surface area contributed by atoms with Crippen LogP contribution in [0.1, 0.15) is 23.2 Å². The molecule has 8 nitrogen and oxygen atoms in total. The van der Waals surface area contributed by atoms with Crippen molar-refractivity contribution >= 4 is 66.7 Å². The molecule has 0 aliphatic carbocycles. The number of amides is 1. The predicted molar refractivity (Wildman–Crippen MR) is 126 cm³/mol. The number of hydrogen-bond acceptors (Lipinski definition) is 6. The average molecular weight is 528 g/mol. The van der Waals surface area contributed by atoms with Crippen molar-refractivity contribution in [3.8, 4) is 0 Å². The third kappa shape index (κ3) is 4.71. The van der Waals surface area contributed by atoms with Gasteiger partial charge in [0.1, 0.15) is 6.54 Å². The lowest BCUT2D eigenvalue weighted by atomic mass is 10.2. The Morgan fingerprint density at radius 3 is 2.39 bits per heavy atom. The van der Waals surface area contributed by atoms with Crippen LogP contribution in [0, 0.1) is 0 Å². The number of carbonyl (C=O) groups is 2. The van der Waals surface area contributed by atoms with E-state index in [4.69, 9.17) is 27.9 Å². The van der Waals surface area contributed by atoms with Crippen LogP contribution in [0.2, 0.25) is 10.0 Å². The fourth-order valence-corrected chi connectivity index (χ4v) is 6.56. The Bertz CT molecular complexity index is 1410. The standard InChI is InChI=1S/C21H19Cl2N3O5S2/c1-31-17(27)12-26-19-16(9-8-15(22)18(19)23)32-21(26)24-20(28)13-4-6-14(7-5-13)33(29,30)25-10-2-3-11-25/h4-9H,2-3,10-12H2,1H3. The van der Waals surface area contributed by atoms with Gasteiger partial charge in [0, 0.05) is 18.7 Å². The van der Waals surface area contributed by atoms with Gasteiger partial charge in [-0.15, -0.1) is 0 Å². The lowest BCUT2D eigenvalue weighted by Crippen LogP contribution is -2.27. The molecule has 0 N–H and O–H groups in total. The number of nitrogens with zero attached hydrogens (tertiary/aromatic N) is 3. The van der Waals surface area contributed by atoms with Crippen molar-refractivity contribution in [3.63, 3.8) is 0 Å². The normalized spacial score (nSPS) is 15.3. The highest BCUT2D eigenvalue weighted by Gasteiger charge is 2.27. The van der Waals surface area contributed by atoms with Crippen molar-refractivity contribution in [2.45, 2.75) is 24.3 Å². The maximum atomic E-state index is 12.9. The molecule has 1 fully saturated rings. The molecule has 3 aromatic rings. The molecular formula is C21H19Cl2N3O5S2. The minimum Gasteiger partial charge on any atom is -0.468 e. The van der Waals surface area contributed by atoms with Gasteiger partial charge in [-0.3, -0.25) is 9.59 Å². The summed E-state index contributed by atoms with van der Waals surface area (Å²) in [6, 6.07) is 9.01. The Morgan fingerprint density at radius 2 is 1.76 bits per heavy atom. The van der Waals surface area contributed by atoms with Crippen molar-refractivity contribution in [1.29, 1.82) is 0 Å². The summed E-state index contributed by atoms with van der Waals surface area (Å²) in [7, 11) is -2.32. The van der Waals surface area contributed by atoms with Gasteiger partial charge in [-0.1, -0.05) is 34.5 Å². The van der Waals surface area contributed by atoms with Crippen molar-refractivity contribution in [2.75, 3.05) is 20.2 Å². The van der Waals surface area contributed by atoms with Gasteiger partial charge < -0.3 is 9.30 Å². The van der Waals surface area contributed by atoms with Crippen LogP contribution in [-0.2, 0) is 26.1 Å². The topological polar surface area (TPSA) is 98.0 Å². The van der Waals surface area contributed by atoms with Gasteiger partial charge in [0.15, 0.2) is 4.80 Å². The van der Waals surface area contributed by atoms with Crippen LogP contribution in [0.15, 0.2) is 46.3 Å². The molecule has 2 heterocycles. The molecule has 0 atom stereocenters. The first-order valence-electron chi connectivity index (χ1n) is 9.96. The van der Waals surface area contributed by atoms with E-state index in [2.05, 4.69) is 4.99 Å². The molecule has 12 heteroatoms. The molecule has 2 aromatic carbocycles. The van der Waals surface area contributed by atoms with E-state index in [1.165, 1.54) is 51.6 Å². The second kappa shape index (κ2) is 9.55. The maximum absolute atomic E-state index is 12.9. The Hall–Kier alpha value is -2.24. The number of fused-ring (bicyclic) bond motifs is 1. The Balaban J connectivity index is 1.72. The number of carbonyl (C=O) groups excluding carboxylic acids is 2. The number of thiazole rings is 1. The molecule has 0 spiro atoms. The van der Waals surface area contributed by atoms with E-state index in [1.54, 1.807) is 12.1 Å². The zero-order valence-electron chi connectivity index (χ0n) is 17.5. The van der Waals surface area contributed by atoms with Crippen molar-refractivity contribution in [3.05, 3.63) is 56.8 Å². The second-order valence-corrected chi connectivity index (χ2v) is 11.0. The number of rotatable bonds is 5. The molecule has 1 aromatic heterocycles. The van der Waals surface area contributed by atoms with Gasteiger partial charge in [-0.2, -0.15) is 9.30 Å². The van der Waals surface area contributed by atoms with Crippen LogP contribution >= 0.6 is 34.5 Å². The van der Waals surface area contributed by atoms with Crippen molar-refractivity contribution in [2.24, 2.45) is 4.99 Å². The zero-order valence-corrected chi connectivity index (χ0v) is 20.6. The van der Waals surface area contributed by atoms with E-state index in [0.717, 1.165) is 12.8 Å². The number of halogens is 2. The fourth-order valence-electron chi connectivity index (χ4n) is 3.53. The van der Waals surface area contributed by atoms with Gasteiger partial charge in [0.2, 0.25) is 10.0 Å². The Morgan fingerprint density at radius 1 is 1.09 bits per heavy atom. The van der Waals surface area contributed by atoms with Gasteiger partial charge in [0.25, 0.3) is 5.91 Å². The van der Waals surface area contributed by atoms with E-state index in [-0.39, 0.29) is 26.8 Å². The van der Waals surface area contributed by atoms with E-state index in [0.29, 0.717) is 28.3 Å². The lowest BCUT2D eigenvalue weighted by Gasteiger charge is -2.15. The highest BCUT2D eigenvalue weighted by atomic mass is 35.5. The lowest BCUT2D eigenvalue weighted by molar-refractivity contribution is -0.141. The van der Waals surface area contributed by atoms with Crippen LogP contribution < -0.4 is 4.80 Å². The monoisotopic (exact) mass is 527 g/mol. The first kappa shape index (κ1) is 23.9. The molecule has 0 bridgehead atoms. The minimum absolute atomic E-state index is 0.130. The maximum Gasteiger partial charge on any atom is 0.325 e. The van der Waals surface area contributed by atoms with Crippen molar-refractivity contribution < 1.29 is 22.7 Å². The molecule has 1 amide bonds. The van der Waals surface area contributed by atoms with E-state index in [9.17, 15) is 18.0 Å². The molecule has 0 saturated carbocycles. The average Bonchev–Trinajstić information content (AvgIpc) is 3.46. The van der Waals surface area contributed by atoms with E-state index in [1.807, 2.05) is 0 Å². The number of aromatic nitrogens is 1. The zero-order chi connectivity index (χ0) is 23.8. The van der Waals surface area contributed by atoms with Crippen LogP contribution in [0.3, 0.4) is 0 Å². The third-order valence-corrected chi connectivity index (χ3v) is 9.00. The van der Waals surface area contributed by atoms with Gasteiger partial charge in [0.05, 0.1) is 32.3 Å². The molecule has 174 valence electrons. The van der Waals surface area contributed by atoms with E-state index < -0.39 is 21.9 Å². The fraction of sp³-hybridized carbons (Fsp3) is 0.286. The molecular weight excluding hydrogens is 509 g/mol. The molecule has 1 saturated heterocycles. The number of ether oxygens (including phenoxy) is 1. The van der Waals surface area contributed by atoms with Crippen LogP contribution in [0.5, 0.6) is 0 Å². The van der Waals surface area contributed by atoms with Gasteiger partial charge in [-0.05, 0) is 49.2 Å². The highest BCUT2D eigenvalue weighted by molar-refractivity contribution is 7.89. The molecule has 4 rings (SSSR count). The summed E-state index contributed by atoms with van der Waals surface area (Å²) in [5.41, 5.74) is 0.680. The number of methoxy groups -OCH3 is 1. The summed E-state index contributed by atoms with van der Waals surface area (Å²) in [6.07, 6.45) is 1.68. The summed E-state index contributed by atoms with van der Waals surface area (Å²) in [5, 5.41) is 0.535. The Labute approximate surface area is 204 Å². The Kier molecular flexibility index (Phi) is 6.92. The van der Waals surface area contributed by atoms with Gasteiger partial charge in [-0.25, -0.2) is 8.42 Å². The first-order valence-corrected chi connectivity index (χ1v) is 13.0. The number of hydrogen-bond donors (Lipinski definition) is 0. The van der Waals surface area contributed by atoms with Crippen LogP contribution in [0.25, 0.3) is 10.2 Å². The van der Waals surface area contributed by atoms with Crippen LogP contribution in [0.4, 0.5) is 0 Å². The highest BCUT2D eigenvalue weighted by Crippen LogP contribution is 2.32. The molecule has 0 unspecified atom stereocenters. The van der Waals surface area contributed by atoms with E-state index >= 15 is 0 Å². The molecule has 0 radical (unpaired) electrons. The second-order valence-electron chi connectivity index (χ2n) is 7.31. The first-order chi connectivity index (χ1) is 15.7. The molecule has 1 aliphatic heterocycles. The quantitative estimate of drug-likeness (QED) is 0.471.